The van der Waals surface area contributed by atoms with Crippen molar-refractivity contribution in [2.45, 2.75) is 105 Å². The summed E-state index contributed by atoms with van der Waals surface area (Å²) < 4.78 is 0. The van der Waals surface area contributed by atoms with Crippen LogP contribution in [0.25, 0.3) is 0 Å². The van der Waals surface area contributed by atoms with Gasteiger partial charge in [0.05, 0.1) is 5.69 Å². The first-order valence-corrected chi connectivity index (χ1v) is 14.3. The minimum atomic E-state index is 0.483. The molecule has 0 saturated heterocycles. The van der Waals surface area contributed by atoms with Crippen LogP contribution in [0, 0.1) is 52.3 Å². The zero-order valence-corrected chi connectivity index (χ0v) is 21.6. The van der Waals surface area contributed by atoms with E-state index < -0.39 is 0 Å². The minimum absolute atomic E-state index is 0.483. The maximum atomic E-state index is 6.11. The first kappa shape index (κ1) is 22.2. The van der Waals surface area contributed by atoms with Gasteiger partial charge in [0.25, 0.3) is 0 Å². The van der Waals surface area contributed by atoms with Gasteiger partial charge in [-0.25, -0.2) is 4.98 Å². The molecule has 3 fully saturated rings. The zero-order chi connectivity index (χ0) is 22.0. The number of anilines is 1. The van der Waals surface area contributed by atoms with E-state index in [1.807, 2.05) is 0 Å². The Labute approximate surface area is 195 Å². The predicted molar refractivity (Wildman–Crippen MR) is 133 cm³/mol. The van der Waals surface area contributed by atoms with E-state index in [1.54, 1.807) is 11.3 Å². The van der Waals surface area contributed by atoms with Crippen LogP contribution in [0.15, 0.2) is 0 Å². The third kappa shape index (κ3) is 3.60. The van der Waals surface area contributed by atoms with Gasteiger partial charge >= 0.3 is 0 Å². The standard InChI is InChI=1S/C28H46N2S/c1-17(2)7-6-8-18(3)21-11-12-22-20-10-9-19-15-24-25(31-26(29)30-24)16-28(19,5)23(20)13-14-27(21,22)4/h17-23H,6-16H2,1-5H3,(H2,29,30)/t18-,19+,20+,21?,22+,23+,27-,28+/m1/s1. The molecule has 1 aromatic heterocycles. The monoisotopic (exact) mass is 442 g/mol. The van der Waals surface area contributed by atoms with Crippen LogP contribution >= 0.6 is 11.3 Å². The number of fused-ring (bicyclic) bond motifs is 6. The Balaban J connectivity index is 1.33. The van der Waals surface area contributed by atoms with E-state index >= 15 is 0 Å². The Bertz CT molecular complexity index is 799. The largest absolute Gasteiger partial charge is 0.375 e. The van der Waals surface area contributed by atoms with Gasteiger partial charge in [-0.15, -0.1) is 11.3 Å². The summed E-state index contributed by atoms with van der Waals surface area (Å²) in [5.74, 6) is 6.45. The van der Waals surface area contributed by atoms with Crippen molar-refractivity contribution in [1.29, 1.82) is 0 Å². The second kappa shape index (κ2) is 8.03. The summed E-state index contributed by atoms with van der Waals surface area (Å²) in [4.78, 5) is 6.22. The third-order valence-electron chi connectivity index (χ3n) is 11.0. The second-order valence-corrected chi connectivity index (χ2v) is 14.1. The number of hydrogen-bond donors (Lipinski definition) is 1. The highest BCUT2D eigenvalue weighted by molar-refractivity contribution is 7.15. The molecule has 0 radical (unpaired) electrons. The summed E-state index contributed by atoms with van der Waals surface area (Å²) in [5, 5.41) is 0.796. The van der Waals surface area contributed by atoms with Crippen molar-refractivity contribution in [3.8, 4) is 0 Å². The molecule has 1 aromatic rings. The molecule has 0 aromatic carbocycles. The highest BCUT2D eigenvalue weighted by atomic mass is 32.1. The average molecular weight is 443 g/mol. The predicted octanol–water partition coefficient (Wildman–Crippen LogP) is 7.76. The molecule has 3 heteroatoms. The summed E-state index contributed by atoms with van der Waals surface area (Å²) in [6, 6.07) is 0. The molecular formula is C28H46N2S. The lowest BCUT2D eigenvalue weighted by molar-refractivity contribution is -0.103. The van der Waals surface area contributed by atoms with Gasteiger partial charge in [-0.1, -0.05) is 53.9 Å². The van der Waals surface area contributed by atoms with E-state index in [0.717, 1.165) is 46.6 Å². The molecule has 4 aliphatic carbocycles. The first-order chi connectivity index (χ1) is 14.7. The van der Waals surface area contributed by atoms with Crippen molar-refractivity contribution < 1.29 is 0 Å². The lowest BCUT2D eigenvalue weighted by atomic mass is 9.45. The molecule has 4 aliphatic rings. The van der Waals surface area contributed by atoms with E-state index in [-0.39, 0.29) is 0 Å². The van der Waals surface area contributed by atoms with E-state index in [2.05, 4.69) is 34.6 Å². The van der Waals surface area contributed by atoms with Crippen molar-refractivity contribution in [1.82, 2.24) is 4.98 Å². The van der Waals surface area contributed by atoms with Crippen LogP contribution in [0.3, 0.4) is 0 Å². The number of nitrogens with zero attached hydrogens (tertiary/aromatic N) is 1. The minimum Gasteiger partial charge on any atom is -0.375 e. The van der Waals surface area contributed by atoms with Gasteiger partial charge in [0.15, 0.2) is 5.13 Å². The third-order valence-corrected chi connectivity index (χ3v) is 12.0. The van der Waals surface area contributed by atoms with E-state index in [4.69, 9.17) is 10.7 Å². The smallest absolute Gasteiger partial charge is 0.180 e. The fraction of sp³-hybridized carbons (Fsp3) is 0.893. The van der Waals surface area contributed by atoms with Crippen LogP contribution in [0.5, 0.6) is 0 Å². The SMILES string of the molecule is CC(C)CCC[C@@H](C)C1CC[C@H]2[C@@H]3CC[C@H]4Cc5nc(N)sc5C[C@]4(C)[C@H]3CC[C@]12C. The molecule has 8 atom stereocenters. The van der Waals surface area contributed by atoms with Crippen LogP contribution in [0.4, 0.5) is 5.13 Å². The Morgan fingerprint density at radius 1 is 1.00 bits per heavy atom. The molecule has 0 spiro atoms. The van der Waals surface area contributed by atoms with E-state index in [0.29, 0.717) is 10.8 Å². The molecule has 1 unspecified atom stereocenters. The molecule has 2 N–H and O–H groups in total. The lowest BCUT2D eigenvalue weighted by Crippen LogP contribution is -2.54. The lowest BCUT2D eigenvalue weighted by Gasteiger charge is -2.60. The van der Waals surface area contributed by atoms with Crippen molar-refractivity contribution in [2.24, 2.45) is 52.3 Å². The van der Waals surface area contributed by atoms with Crippen LogP contribution in [0.2, 0.25) is 0 Å². The highest BCUT2D eigenvalue weighted by Crippen LogP contribution is 2.68. The molecule has 0 amide bonds. The number of nitrogen functional groups attached to an aromatic ring is 1. The highest BCUT2D eigenvalue weighted by Gasteiger charge is 2.60. The maximum Gasteiger partial charge on any atom is 0.180 e. The van der Waals surface area contributed by atoms with Crippen LogP contribution in [-0.4, -0.2) is 4.98 Å². The Morgan fingerprint density at radius 2 is 1.77 bits per heavy atom. The summed E-state index contributed by atoms with van der Waals surface area (Å²) in [5.41, 5.74) is 8.55. The Kier molecular flexibility index (Phi) is 5.76. The summed E-state index contributed by atoms with van der Waals surface area (Å²) >= 11 is 1.78. The Morgan fingerprint density at radius 3 is 2.55 bits per heavy atom. The topological polar surface area (TPSA) is 38.9 Å². The van der Waals surface area contributed by atoms with Crippen molar-refractivity contribution in [3.05, 3.63) is 10.6 Å². The molecule has 3 saturated carbocycles. The molecule has 31 heavy (non-hydrogen) atoms. The van der Waals surface area contributed by atoms with Gasteiger partial charge in [0.1, 0.15) is 0 Å². The number of nitrogens with two attached hydrogens (primary N) is 1. The fourth-order valence-corrected chi connectivity index (χ4v) is 10.5. The van der Waals surface area contributed by atoms with E-state index in [9.17, 15) is 0 Å². The van der Waals surface area contributed by atoms with Gasteiger partial charge in [-0.3, -0.25) is 0 Å². The van der Waals surface area contributed by atoms with E-state index in [1.165, 1.54) is 81.2 Å². The number of thiazole rings is 1. The summed E-state index contributed by atoms with van der Waals surface area (Å²) in [7, 11) is 0. The van der Waals surface area contributed by atoms with Gasteiger partial charge in [-0.2, -0.15) is 0 Å². The molecule has 2 nitrogen and oxygen atoms in total. The molecule has 174 valence electrons. The molecule has 1 heterocycles. The normalized spacial score (nSPS) is 42.6. The van der Waals surface area contributed by atoms with Crippen LogP contribution < -0.4 is 5.73 Å². The van der Waals surface area contributed by atoms with Crippen LogP contribution in [-0.2, 0) is 12.8 Å². The van der Waals surface area contributed by atoms with Gasteiger partial charge in [-0.05, 0) is 104 Å². The molecule has 5 rings (SSSR count). The maximum absolute atomic E-state index is 6.11. The van der Waals surface area contributed by atoms with Gasteiger partial charge in [0, 0.05) is 4.88 Å². The Hall–Kier alpha value is -0.570. The second-order valence-electron chi connectivity index (χ2n) is 13.0. The first-order valence-electron chi connectivity index (χ1n) is 13.5. The molecular weight excluding hydrogens is 396 g/mol. The number of rotatable bonds is 5. The number of hydrogen-bond acceptors (Lipinski definition) is 3. The summed E-state index contributed by atoms with van der Waals surface area (Å²) in [6.45, 7) is 12.7. The zero-order valence-electron chi connectivity index (χ0n) is 20.8. The average Bonchev–Trinajstić information content (AvgIpc) is 3.23. The van der Waals surface area contributed by atoms with Crippen LogP contribution in [0.1, 0.15) is 103 Å². The summed E-state index contributed by atoms with van der Waals surface area (Å²) in [6.07, 6.45) is 15.6. The van der Waals surface area contributed by atoms with Gasteiger partial charge in [0.2, 0.25) is 0 Å². The number of aromatic nitrogens is 1. The quantitative estimate of drug-likeness (QED) is 0.506. The molecule has 0 aliphatic heterocycles. The fourth-order valence-electron chi connectivity index (χ4n) is 9.45. The van der Waals surface area contributed by atoms with Crippen molar-refractivity contribution >= 4 is 16.5 Å². The van der Waals surface area contributed by atoms with Crippen molar-refractivity contribution in [3.63, 3.8) is 0 Å². The molecule has 0 bridgehead atoms. The van der Waals surface area contributed by atoms with Gasteiger partial charge < -0.3 is 5.73 Å². The van der Waals surface area contributed by atoms with Crippen molar-refractivity contribution in [2.75, 3.05) is 5.73 Å².